The van der Waals surface area contributed by atoms with E-state index in [1.807, 2.05) is 61.7 Å². The number of benzene rings is 3. The highest BCUT2D eigenvalue weighted by Crippen LogP contribution is 2.24. The number of sulfonamides is 1. The van der Waals surface area contributed by atoms with Crippen molar-refractivity contribution in [2.45, 2.75) is 68.5 Å². The number of piperazine rings is 1. The van der Waals surface area contributed by atoms with E-state index in [1.165, 1.54) is 6.42 Å². The third-order valence-electron chi connectivity index (χ3n) is 8.86. The number of fused-ring (bicyclic) bond motifs is 2. The zero-order valence-electron chi connectivity index (χ0n) is 24.5. The first kappa shape index (κ1) is 29.2. The number of aromatic amines is 1. The van der Waals surface area contributed by atoms with Crippen molar-refractivity contribution in [3.8, 4) is 0 Å². The first-order chi connectivity index (χ1) is 20.8. The lowest BCUT2D eigenvalue weighted by Crippen LogP contribution is -2.61. The van der Waals surface area contributed by atoms with Crippen LogP contribution in [0.3, 0.4) is 0 Å². The summed E-state index contributed by atoms with van der Waals surface area (Å²) in [5, 5.41) is 5.87. The minimum absolute atomic E-state index is 0.0844. The lowest BCUT2D eigenvalue weighted by atomic mass is 9.96. The van der Waals surface area contributed by atoms with Crippen molar-refractivity contribution in [2.24, 2.45) is 0 Å². The molecule has 0 spiro atoms. The van der Waals surface area contributed by atoms with Gasteiger partial charge in [0.25, 0.3) is 0 Å². The SMILES string of the molecule is CC1CN(C(=O)C(Cc2c[nH]c3ccccc23)NS(=O)(=O)c2ccc3ccccc3c2)CCN1C(=O)NC1CCCCC1. The summed E-state index contributed by atoms with van der Waals surface area (Å²) < 4.78 is 30.2. The molecule has 1 aromatic heterocycles. The van der Waals surface area contributed by atoms with Gasteiger partial charge < -0.3 is 20.1 Å². The quantitative estimate of drug-likeness (QED) is 0.283. The van der Waals surface area contributed by atoms with Crippen LogP contribution in [0.4, 0.5) is 4.79 Å². The van der Waals surface area contributed by atoms with E-state index in [1.54, 1.807) is 28.0 Å². The van der Waals surface area contributed by atoms with Crippen molar-refractivity contribution >= 4 is 43.6 Å². The number of aromatic nitrogens is 1. The van der Waals surface area contributed by atoms with Crippen LogP contribution in [-0.4, -0.2) is 72.9 Å². The second-order valence-electron chi connectivity index (χ2n) is 11.9. The Hall–Kier alpha value is -3.89. The molecule has 1 aliphatic heterocycles. The molecule has 9 nitrogen and oxygen atoms in total. The van der Waals surface area contributed by atoms with Gasteiger partial charge in [-0.1, -0.05) is 67.8 Å². The van der Waals surface area contributed by atoms with Crippen molar-refractivity contribution in [1.29, 1.82) is 0 Å². The molecule has 43 heavy (non-hydrogen) atoms. The molecule has 6 rings (SSSR count). The molecule has 2 fully saturated rings. The first-order valence-electron chi connectivity index (χ1n) is 15.2. The molecule has 10 heteroatoms. The number of carbonyl (C=O) groups excluding carboxylic acids is 2. The molecule has 0 bridgehead atoms. The maximum atomic E-state index is 14.1. The lowest BCUT2D eigenvalue weighted by molar-refractivity contribution is -0.135. The van der Waals surface area contributed by atoms with E-state index in [-0.39, 0.29) is 35.3 Å². The number of carbonyl (C=O) groups is 2. The van der Waals surface area contributed by atoms with E-state index < -0.39 is 16.1 Å². The maximum absolute atomic E-state index is 14.1. The number of nitrogens with zero attached hydrogens (tertiary/aromatic N) is 2. The molecule has 2 unspecified atom stereocenters. The van der Waals surface area contributed by atoms with Crippen LogP contribution >= 0.6 is 0 Å². The molecule has 4 aromatic rings. The standard InChI is InChI=1S/C33H39N5O4S/c1-23-22-37(17-18-38(23)33(40)35-27-11-3-2-4-12-27)32(39)31(20-26-21-34-30-14-8-7-13-29(26)30)36-43(41,42)28-16-15-24-9-5-6-10-25(24)19-28/h5-10,13-16,19,21,23,27,31,34,36H,2-4,11-12,17-18,20,22H2,1H3,(H,35,40). The molecule has 226 valence electrons. The van der Waals surface area contributed by atoms with Gasteiger partial charge in [-0.05, 0) is 60.7 Å². The van der Waals surface area contributed by atoms with Gasteiger partial charge >= 0.3 is 6.03 Å². The van der Waals surface area contributed by atoms with E-state index in [2.05, 4.69) is 15.0 Å². The summed E-state index contributed by atoms with van der Waals surface area (Å²) >= 11 is 0. The molecule has 2 atom stereocenters. The topological polar surface area (TPSA) is 115 Å². The highest BCUT2D eigenvalue weighted by molar-refractivity contribution is 7.89. The van der Waals surface area contributed by atoms with Crippen molar-refractivity contribution in [2.75, 3.05) is 19.6 Å². The third-order valence-corrected chi connectivity index (χ3v) is 10.3. The zero-order chi connectivity index (χ0) is 30.0. The molecule has 0 radical (unpaired) electrons. The average Bonchev–Trinajstić information content (AvgIpc) is 3.43. The Bertz CT molecular complexity index is 1730. The Morgan fingerprint density at radius 3 is 2.49 bits per heavy atom. The Labute approximate surface area is 252 Å². The van der Waals surface area contributed by atoms with Gasteiger partial charge in [0.2, 0.25) is 15.9 Å². The van der Waals surface area contributed by atoms with Crippen molar-refractivity contribution < 1.29 is 18.0 Å². The molecule has 2 aliphatic rings. The van der Waals surface area contributed by atoms with Crippen molar-refractivity contribution in [1.82, 2.24) is 24.8 Å². The molecule has 1 saturated heterocycles. The van der Waals surface area contributed by atoms with E-state index >= 15 is 0 Å². The van der Waals surface area contributed by atoms with Gasteiger partial charge in [-0.2, -0.15) is 4.72 Å². The summed E-state index contributed by atoms with van der Waals surface area (Å²) in [6.45, 7) is 3.00. The van der Waals surface area contributed by atoms with Crippen LogP contribution in [-0.2, 0) is 21.2 Å². The summed E-state index contributed by atoms with van der Waals surface area (Å²) in [6, 6.07) is 19.2. The summed E-state index contributed by atoms with van der Waals surface area (Å²) in [7, 11) is -4.03. The number of amides is 3. The van der Waals surface area contributed by atoms with E-state index in [9.17, 15) is 18.0 Å². The Kier molecular flexibility index (Phi) is 8.41. The Morgan fingerprint density at radius 2 is 1.70 bits per heavy atom. The van der Waals surface area contributed by atoms with Gasteiger partial charge in [-0.25, -0.2) is 13.2 Å². The molecule has 3 aromatic carbocycles. The third kappa shape index (κ3) is 6.40. The second-order valence-corrected chi connectivity index (χ2v) is 13.6. The van der Waals surface area contributed by atoms with E-state index in [0.29, 0.717) is 19.6 Å². The maximum Gasteiger partial charge on any atom is 0.317 e. The normalized spacial score (nSPS) is 19.0. The van der Waals surface area contributed by atoms with Crippen LogP contribution < -0.4 is 10.0 Å². The minimum Gasteiger partial charge on any atom is -0.361 e. The van der Waals surface area contributed by atoms with Gasteiger partial charge in [-0.15, -0.1) is 0 Å². The fourth-order valence-corrected chi connectivity index (χ4v) is 7.70. The summed E-state index contributed by atoms with van der Waals surface area (Å²) in [6.07, 6.45) is 7.52. The van der Waals surface area contributed by atoms with Crippen LogP contribution in [0.15, 0.2) is 77.8 Å². The zero-order valence-corrected chi connectivity index (χ0v) is 25.3. The van der Waals surface area contributed by atoms with Crippen LogP contribution in [0, 0.1) is 0 Å². The minimum atomic E-state index is -4.03. The highest BCUT2D eigenvalue weighted by atomic mass is 32.2. The van der Waals surface area contributed by atoms with Crippen LogP contribution in [0.5, 0.6) is 0 Å². The number of hydrogen-bond donors (Lipinski definition) is 3. The molecule has 3 N–H and O–H groups in total. The monoisotopic (exact) mass is 601 g/mol. The highest BCUT2D eigenvalue weighted by Gasteiger charge is 2.35. The van der Waals surface area contributed by atoms with Crippen molar-refractivity contribution in [3.63, 3.8) is 0 Å². The van der Waals surface area contributed by atoms with Gasteiger partial charge in [0.05, 0.1) is 4.90 Å². The fraction of sp³-hybridized carbons (Fsp3) is 0.394. The number of hydrogen-bond acceptors (Lipinski definition) is 4. The fourth-order valence-electron chi connectivity index (χ4n) is 6.47. The lowest BCUT2D eigenvalue weighted by Gasteiger charge is -2.41. The van der Waals surface area contributed by atoms with Gasteiger partial charge in [0, 0.05) is 48.8 Å². The predicted molar refractivity (Wildman–Crippen MR) is 168 cm³/mol. The molecule has 1 aliphatic carbocycles. The second kappa shape index (κ2) is 12.4. The number of nitrogens with one attached hydrogen (secondary N) is 3. The number of para-hydroxylation sites is 1. The molecular formula is C33H39N5O4S. The van der Waals surface area contributed by atoms with E-state index in [4.69, 9.17) is 0 Å². The largest absolute Gasteiger partial charge is 0.361 e. The number of urea groups is 1. The van der Waals surface area contributed by atoms with Gasteiger partial charge in [-0.3, -0.25) is 4.79 Å². The summed E-state index contributed by atoms with van der Waals surface area (Å²) in [5.41, 5.74) is 1.78. The van der Waals surface area contributed by atoms with Crippen molar-refractivity contribution in [3.05, 3.63) is 78.5 Å². The van der Waals surface area contributed by atoms with Gasteiger partial charge in [0.1, 0.15) is 6.04 Å². The molecule has 1 saturated carbocycles. The predicted octanol–water partition coefficient (Wildman–Crippen LogP) is 4.79. The molecule has 2 heterocycles. The summed E-state index contributed by atoms with van der Waals surface area (Å²) in [4.78, 5) is 34.0. The number of rotatable bonds is 7. The van der Waals surface area contributed by atoms with Crippen LogP contribution in [0.1, 0.15) is 44.6 Å². The first-order valence-corrected chi connectivity index (χ1v) is 16.7. The number of H-pyrrole nitrogens is 1. The Balaban J connectivity index is 1.22. The smallest absolute Gasteiger partial charge is 0.317 e. The van der Waals surface area contributed by atoms with Crippen LogP contribution in [0.25, 0.3) is 21.7 Å². The van der Waals surface area contributed by atoms with E-state index in [0.717, 1.165) is 52.9 Å². The molecule has 3 amide bonds. The van der Waals surface area contributed by atoms with Crippen LogP contribution in [0.2, 0.25) is 0 Å². The average molecular weight is 602 g/mol. The molecular weight excluding hydrogens is 562 g/mol. The summed E-state index contributed by atoms with van der Waals surface area (Å²) in [5.74, 6) is -0.297. The Morgan fingerprint density at radius 1 is 0.953 bits per heavy atom. The van der Waals surface area contributed by atoms with Gasteiger partial charge in [0.15, 0.2) is 0 Å².